The second-order valence-corrected chi connectivity index (χ2v) is 6.35. The third-order valence-electron chi connectivity index (χ3n) is 4.74. The molecular weight excluding hydrogens is 288 g/mol. The minimum absolute atomic E-state index is 0.0339. The van der Waals surface area contributed by atoms with Crippen LogP contribution in [0.4, 0.5) is 0 Å². The van der Waals surface area contributed by atoms with Gasteiger partial charge >= 0.3 is 0 Å². The van der Waals surface area contributed by atoms with Crippen LogP contribution in [0.15, 0.2) is 53.9 Å². The summed E-state index contributed by atoms with van der Waals surface area (Å²) in [5.41, 5.74) is 2.34. The van der Waals surface area contributed by atoms with Gasteiger partial charge in [0.2, 0.25) is 0 Å². The van der Waals surface area contributed by atoms with Crippen LogP contribution in [0.5, 0.6) is 0 Å². The first-order chi connectivity index (χ1) is 11.1. The number of rotatable bonds is 4. The highest BCUT2D eigenvalue weighted by Crippen LogP contribution is 2.32. The van der Waals surface area contributed by atoms with E-state index >= 15 is 0 Å². The third kappa shape index (κ3) is 3.07. The van der Waals surface area contributed by atoms with E-state index in [2.05, 4.69) is 43.4 Å². The van der Waals surface area contributed by atoms with E-state index in [-0.39, 0.29) is 16.9 Å². The summed E-state index contributed by atoms with van der Waals surface area (Å²) < 4.78 is 0. The Labute approximate surface area is 136 Å². The summed E-state index contributed by atoms with van der Waals surface area (Å²) in [5, 5.41) is 17.2. The molecule has 2 atom stereocenters. The predicted molar refractivity (Wildman–Crippen MR) is 92.5 cm³/mol. The Morgan fingerprint density at radius 3 is 2.74 bits per heavy atom. The average molecular weight is 310 g/mol. The smallest absolute Gasteiger partial charge is 0.265 e. The Kier molecular flexibility index (Phi) is 4.33. The van der Waals surface area contributed by atoms with Crippen molar-refractivity contribution in [3.05, 3.63) is 69.5 Å². The van der Waals surface area contributed by atoms with Gasteiger partial charge in [-0.15, -0.1) is 0 Å². The summed E-state index contributed by atoms with van der Waals surface area (Å²) in [4.78, 5) is 11.1. The van der Waals surface area contributed by atoms with Gasteiger partial charge in [-0.2, -0.15) is 0 Å². The van der Waals surface area contributed by atoms with Gasteiger partial charge in [-0.05, 0) is 36.1 Å². The lowest BCUT2D eigenvalue weighted by Crippen LogP contribution is -2.28. The zero-order chi connectivity index (χ0) is 16.4. The molecule has 0 heterocycles. The summed E-state index contributed by atoms with van der Waals surface area (Å²) in [6, 6.07) is 14.5. The Morgan fingerprint density at radius 2 is 1.96 bits per heavy atom. The molecular formula is C19H22N2O2. The maximum Gasteiger partial charge on any atom is 0.265 e. The van der Waals surface area contributed by atoms with Crippen LogP contribution in [-0.4, -0.2) is 4.92 Å². The number of hydrogen-bond acceptors (Lipinski definition) is 3. The third-order valence-corrected chi connectivity index (χ3v) is 4.74. The first-order valence-electron chi connectivity index (χ1n) is 8.19. The van der Waals surface area contributed by atoms with E-state index in [1.54, 1.807) is 0 Å². The fourth-order valence-corrected chi connectivity index (χ4v) is 3.49. The minimum atomic E-state index is -0.214. The van der Waals surface area contributed by atoms with Crippen LogP contribution in [0.1, 0.15) is 44.7 Å². The standard InChI is InChI=1S/C19H22N2O2/c1-13-7-5-12-18(21(22)23)19(13)20-14(2)16-11-6-9-15-8-3-4-10-17(15)16/h3-4,6,8-11,13-14,20H,5,7,12H2,1-2H3/t13-,14-/m0/s1. The molecule has 120 valence electrons. The minimum Gasteiger partial charge on any atom is -0.376 e. The van der Waals surface area contributed by atoms with Gasteiger partial charge in [0.25, 0.3) is 5.70 Å². The lowest BCUT2D eigenvalue weighted by molar-refractivity contribution is -0.431. The number of allylic oxidation sites excluding steroid dienone is 2. The fourth-order valence-electron chi connectivity index (χ4n) is 3.49. The first kappa shape index (κ1) is 15.5. The van der Waals surface area contributed by atoms with Crippen molar-refractivity contribution >= 4 is 10.8 Å². The van der Waals surface area contributed by atoms with Crippen LogP contribution in [-0.2, 0) is 0 Å². The van der Waals surface area contributed by atoms with E-state index in [1.165, 1.54) is 16.3 Å². The Morgan fingerprint density at radius 1 is 1.22 bits per heavy atom. The molecule has 3 rings (SSSR count). The monoisotopic (exact) mass is 310 g/mol. The molecule has 2 aromatic carbocycles. The molecule has 4 heteroatoms. The number of benzene rings is 2. The van der Waals surface area contributed by atoms with E-state index < -0.39 is 0 Å². The van der Waals surface area contributed by atoms with Crippen molar-refractivity contribution in [1.29, 1.82) is 0 Å². The van der Waals surface area contributed by atoms with Crippen molar-refractivity contribution in [3.63, 3.8) is 0 Å². The second-order valence-electron chi connectivity index (χ2n) is 6.35. The number of nitrogens with one attached hydrogen (secondary N) is 1. The summed E-state index contributed by atoms with van der Waals surface area (Å²) >= 11 is 0. The molecule has 0 aromatic heterocycles. The molecule has 1 aliphatic carbocycles. The molecule has 1 N–H and O–H groups in total. The van der Waals surface area contributed by atoms with E-state index in [4.69, 9.17) is 0 Å². The summed E-state index contributed by atoms with van der Waals surface area (Å²) in [7, 11) is 0. The van der Waals surface area contributed by atoms with Crippen molar-refractivity contribution in [1.82, 2.24) is 5.32 Å². The van der Waals surface area contributed by atoms with Gasteiger partial charge in [0.05, 0.1) is 10.6 Å². The van der Waals surface area contributed by atoms with E-state index in [0.29, 0.717) is 12.1 Å². The number of hydrogen-bond donors (Lipinski definition) is 1. The van der Waals surface area contributed by atoms with Crippen LogP contribution >= 0.6 is 0 Å². The number of nitro groups is 1. The summed E-state index contributed by atoms with van der Waals surface area (Å²) in [6.07, 6.45) is 2.45. The van der Waals surface area contributed by atoms with Crippen LogP contribution in [0.3, 0.4) is 0 Å². The SMILES string of the molecule is C[C@H](NC1=C([N+](=O)[O-])CCC[C@@H]1C)c1cccc2ccccc12. The van der Waals surface area contributed by atoms with Gasteiger partial charge in [0.15, 0.2) is 0 Å². The highest BCUT2D eigenvalue weighted by Gasteiger charge is 2.28. The van der Waals surface area contributed by atoms with Crippen LogP contribution in [0, 0.1) is 16.0 Å². The highest BCUT2D eigenvalue weighted by atomic mass is 16.6. The van der Waals surface area contributed by atoms with Crippen LogP contribution in [0.2, 0.25) is 0 Å². The van der Waals surface area contributed by atoms with Crippen LogP contribution in [0.25, 0.3) is 10.8 Å². The molecule has 0 spiro atoms. The maximum atomic E-state index is 11.3. The Bertz CT molecular complexity index is 762. The largest absolute Gasteiger partial charge is 0.376 e. The van der Waals surface area contributed by atoms with Crippen molar-refractivity contribution in [2.45, 2.75) is 39.2 Å². The normalized spacial score (nSPS) is 19.7. The molecule has 0 radical (unpaired) electrons. The van der Waals surface area contributed by atoms with Crippen molar-refractivity contribution in [2.75, 3.05) is 0 Å². The highest BCUT2D eigenvalue weighted by molar-refractivity contribution is 5.86. The van der Waals surface area contributed by atoms with Gasteiger partial charge in [-0.1, -0.05) is 49.4 Å². The molecule has 1 aliphatic rings. The van der Waals surface area contributed by atoms with Crippen molar-refractivity contribution in [2.24, 2.45) is 5.92 Å². The van der Waals surface area contributed by atoms with Crippen LogP contribution < -0.4 is 5.32 Å². The lowest BCUT2D eigenvalue weighted by Gasteiger charge is -2.26. The zero-order valence-corrected chi connectivity index (χ0v) is 13.6. The number of nitrogens with zero attached hydrogens (tertiary/aromatic N) is 1. The molecule has 4 nitrogen and oxygen atoms in total. The molecule has 0 amide bonds. The van der Waals surface area contributed by atoms with Gasteiger partial charge in [-0.25, -0.2) is 0 Å². The lowest BCUT2D eigenvalue weighted by atomic mass is 9.90. The summed E-state index contributed by atoms with van der Waals surface area (Å²) in [6.45, 7) is 4.15. The quantitative estimate of drug-likeness (QED) is 0.652. The molecule has 23 heavy (non-hydrogen) atoms. The van der Waals surface area contributed by atoms with Gasteiger partial charge in [0.1, 0.15) is 0 Å². The Balaban J connectivity index is 1.96. The predicted octanol–water partition coefficient (Wildman–Crippen LogP) is 4.80. The van der Waals surface area contributed by atoms with Gasteiger partial charge < -0.3 is 5.32 Å². The summed E-state index contributed by atoms with van der Waals surface area (Å²) in [5.74, 6) is 0.210. The van der Waals surface area contributed by atoms with Crippen molar-refractivity contribution in [3.8, 4) is 0 Å². The molecule has 0 saturated heterocycles. The van der Waals surface area contributed by atoms with E-state index in [1.807, 2.05) is 18.2 Å². The van der Waals surface area contributed by atoms with Gasteiger partial charge in [0, 0.05) is 18.4 Å². The second kappa shape index (κ2) is 6.41. The first-order valence-corrected chi connectivity index (χ1v) is 8.19. The molecule has 0 saturated carbocycles. The molecule has 0 fully saturated rings. The number of fused-ring (bicyclic) bond motifs is 1. The molecule has 0 unspecified atom stereocenters. The van der Waals surface area contributed by atoms with Crippen molar-refractivity contribution < 1.29 is 4.92 Å². The fraction of sp³-hybridized carbons (Fsp3) is 0.368. The molecule has 0 bridgehead atoms. The molecule has 0 aliphatic heterocycles. The Hall–Kier alpha value is -2.36. The zero-order valence-electron chi connectivity index (χ0n) is 13.6. The average Bonchev–Trinajstić information content (AvgIpc) is 2.55. The van der Waals surface area contributed by atoms with Gasteiger partial charge in [-0.3, -0.25) is 10.1 Å². The molecule has 2 aromatic rings. The van der Waals surface area contributed by atoms with E-state index in [9.17, 15) is 10.1 Å². The topological polar surface area (TPSA) is 55.2 Å². The van der Waals surface area contributed by atoms with E-state index in [0.717, 1.165) is 18.5 Å². The maximum absolute atomic E-state index is 11.3.